The highest BCUT2D eigenvalue weighted by atomic mass is 32.1. The lowest BCUT2D eigenvalue weighted by molar-refractivity contribution is -0.144. The normalized spacial score (nSPS) is 15.7. The quantitative estimate of drug-likeness (QED) is 0.791. The number of ether oxygens (including phenoxy) is 1. The Kier molecular flexibility index (Phi) is 5.69. The molecule has 0 saturated carbocycles. The van der Waals surface area contributed by atoms with Gasteiger partial charge in [-0.05, 0) is 24.7 Å². The van der Waals surface area contributed by atoms with Crippen molar-refractivity contribution in [1.82, 2.24) is 9.47 Å². The van der Waals surface area contributed by atoms with Crippen molar-refractivity contribution in [2.45, 2.75) is 19.4 Å². The summed E-state index contributed by atoms with van der Waals surface area (Å²) in [6, 6.07) is 7.93. The second-order valence-corrected chi connectivity index (χ2v) is 7.05. The summed E-state index contributed by atoms with van der Waals surface area (Å²) >= 11 is 0.569. The van der Waals surface area contributed by atoms with E-state index in [9.17, 15) is 18.0 Å². The van der Waals surface area contributed by atoms with Crippen molar-refractivity contribution in [3.63, 3.8) is 0 Å². The molecule has 0 bridgehead atoms. The molecule has 0 amide bonds. The molecule has 5 nitrogen and oxygen atoms in total. The fourth-order valence-electron chi connectivity index (χ4n) is 2.92. The molecule has 1 saturated heterocycles. The highest BCUT2D eigenvalue weighted by molar-refractivity contribution is 7.07. The van der Waals surface area contributed by atoms with E-state index >= 15 is 0 Å². The number of morpholine rings is 1. The molecule has 142 valence electrons. The molecule has 0 radical (unpaired) electrons. The lowest BCUT2D eigenvalue weighted by Crippen LogP contribution is -2.36. The second-order valence-electron chi connectivity index (χ2n) is 6.23. The van der Waals surface area contributed by atoms with Crippen LogP contribution in [0.3, 0.4) is 0 Å². The van der Waals surface area contributed by atoms with Crippen LogP contribution >= 0.6 is 11.3 Å². The number of hydrogen-bond donors (Lipinski definition) is 0. The number of alkyl halides is 3. The van der Waals surface area contributed by atoms with Gasteiger partial charge in [0.15, 0.2) is 0 Å². The van der Waals surface area contributed by atoms with E-state index in [2.05, 4.69) is 4.90 Å². The van der Waals surface area contributed by atoms with Crippen molar-refractivity contribution >= 4 is 17.0 Å². The Morgan fingerprint density at radius 1 is 1.19 bits per heavy atom. The number of hydrogen-bond acceptors (Lipinski definition) is 5. The maximum atomic E-state index is 13.0. The first-order valence-corrected chi connectivity index (χ1v) is 9.08. The van der Waals surface area contributed by atoms with Gasteiger partial charge in [0.05, 0.1) is 19.9 Å². The molecular weight excluding hydrogens is 367 g/mol. The molecule has 0 spiro atoms. The van der Waals surface area contributed by atoms with Gasteiger partial charge in [-0.3, -0.25) is 14.3 Å². The summed E-state index contributed by atoms with van der Waals surface area (Å²) in [5.74, 6) is 0. The maximum Gasteiger partial charge on any atom is 0.432 e. The molecule has 1 aliphatic heterocycles. The molecule has 1 aliphatic rings. The van der Waals surface area contributed by atoms with Gasteiger partial charge in [0.25, 0.3) is 0 Å². The molecule has 2 aromatic rings. The number of aromatic nitrogens is 1. The minimum atomic E-state index is -4.53. The minimum absolute atomic E-state index is 0.109. The SMILES string of the molecule is CN(Cc1ccc(N2CCOCC2)cc1)Cn1c(C(F)(F)F)csc1=O. The van der Waals surface area contributed by atoms with Crippen molar-refractivity contribution in [1.29, 1.82) is 0 Å². The number of rotatable bonds is 5. The molecule has 0 atom stereocenters. The fraction of sp³-hybridized carbons (Fsp3) is 0.471. The molecule has 9 heteroatoms. The van der Waals surface area contributed by atoms with Crippen LogP contribution in [0.1, 0.15) is 11.3 Å². The summed E-state index contributed by atoms with van der Waals surface area (Å²) in [5, 5.41) is 0.868. The average Bonchev–Trinajstić information content (AvgIpc) is 2.97. The largest absolute Gasteiger partial charge is 0.432 e. The van der Waals surface area contributed by atoms with Gasteiger partial charge >= 0.3 is 11.0 Å². The van der Waals surface area contributed by atoms with Gasteiger partial charge in [0.2, 0.25) is 0 Å². The standard InChI is InChI=1S/C17H20F3N3O2S/c1-21(12-23-15(17(18,19)20)11-26-16(23)24)10-13-2-4-14(5-3-13)22-6-8-25-9-7-22/h2-5,11H,6-10,12H2,1H3. The van der Waals surface area contributed by atoms with Crippen molar-refractivity contribution in [3.05, 3.63) is 50.6 Å². The lowest BCUT2D eigenvalue weighted by atomic mass is 10.2. The number of anilines is 1. The first-order valence-electron chi connectivity index (χ1n) is 8.20. The summed E-state index contributed by atoms with van der Waals surface area (Å²) in [7, 11) is 1.69. The predicted octanol–water partition coefficient (Wildman–Crippen LogP) is 2.85. The number of halogens is 3. The Hall–Kier alpha value is -1.84. The van der Waals surface area contributed by atoms with Crippen molar-refractivity contribution < 1.29 is 17.9 Å². The van der Waals surface area contributed by atoms with Crippen LogP contribution in [-0.2, 0) is 24.1 Å². The molecule has 1 aromatic carbocycles. The smallest absolute Gasteiger partial charge is 0.378 e. The van der Waals surface area contributed by atoms with Crippen molar-refractivity contribution in [2.24, 2.45) is 0 Å². The second kappa shape index (κ2) is 7.81. The Balaban J connectivity index is 1.64. The van der Waals surface area contributed by atoms with E-state index < -0.39 is 16.7 Å². The van der Waals surface area contributed by atoms with E-state index in [1.54, 1.807) is 11.9 Å². The topological polar surface area (TPSA) is 37.7 Å². The summed E-state index contributed by atoms with van der Waals surface area (Å²) in [6.45, 7) is 3.45. The summed E-state index contributed by atoms with van der Waals surface area (Å²) in [4.78, 5) is 15.0. The third-order valence-corrected chi connectivity index (χ3v) is 4.98. The van der Waals surface area contributed by atoms with Gasteiger partial charge in [0.1, 0.15) is 5.69 Å². The third-order valence-electron chi connectivity index (χ3n) is 4.22. The molecule has 1 aromatic heterocycles. The molecule has 26 heavy (non-hydrogen) atoms. The molecule has 0 N–H and O–H groups in total. The monoisotopic (exact) mass is 387 g/mol. The Morgan fingerprint density at radius 2 is 1.85 bits per heavy atom. The van der Waals surface area contributed by atoms with E-state index in [1.807, 2.05) is 24.3 Å². The van der Waals surface area contributed by atoms with Crippen LogP contribution in [0, 0.1) is 0 Å². The zero-order chi connectivity index (χ0) is 18.7. The fourth-order valence-corrected chi connectivity index (χ4v) is 3.68. The van der Waals surface area contributed by atoms with Crippen LogP contribution in [-0.4, -0.2) is 42.8 Å². The zero-order valence-electron chi connectivity index (χ0n) is 14.3. The zero-order valence-corrected chi connectivity index (χ0v) is 15.1. The minimum Gasteiger partial charge on any atom is -0.378 e. The molecule has 2 heterocycles. The Labute approximate surface area is 153 Å². The average molecular weight is 387 g/mol. The highest BCUT2D eigenvalue weighted by Gasteiger charge is 2.35. The van der Waals surface area contributed by atoms with Gasteiger partial charge in [-0.25, -0.2) is 0 Å². The summed E-state index contributed by atoms with van der Waals surface area (Å²) in [6.07, 6.45) is -4.53. The van der Waals surface area contributed by atoms with Crippen LogP contribution in [0.2, 0.25) is 0 Å². The van der Waals surface area contributed by atoms with Gasteiger partial charge in [-0.2, -0.15) is 13.2 Å². The first kappa shape index (κ1) is 18.9. The van der Waals surface area contributed by atoms with E-state index in [1.165, 1.54) is 0 Å². The Morgan fingerprint density at radius 3 is 2.46 bits per heavy atom. The van der Waals surface area contributed by atoms with Gasteiger partial charge in [-0.1, -0.05) is 23.5 Å². The van der Waals surface area contributed by atoms with Crippen LogP contribution in [0.25, 0.3) is 0 Å². The van der Waals surface area contributed by atoms with Gasteiger partial charge < -0.3 is 9.64 Å². The van der Waals surface area contributed by atoms with E-state index in [0.29, 0.717) is 31.1 Å². The van der Waals surface area contributed by atoms with Crippen molar-refractivity contribution in [2.75, 3.05) is 38.3 Å². The molecule has 0 aliphatic carbocycles. The lowest BCUT2D eigenvalue weighted by Gasteiger charge is -2.29. The van der Waals surface area contributed by atoms with E-state index in [4.69, 9.17) is 4.74 Å². The number of benzene rings is 1. The Bertz CT molecular complexity index is 780. The van der Waals surface area contributed by atoms with E-state index in [-0.39, 0.29) is 6.67 Å². The number of nitrogens with zero attached hydrogens (tertiary/aromatic N) is 3. The van der Waals surface area contributed by atoms with Crippen LogP contribution in [0.15, 0.2) is 34.4 Å². The molecular formula is C17H20F3N3O2S. The molecule has 1 fully saturated rings. The first-order chi connectivity index (χ1) is 12.3. The summed E-state index contributed by atoms with van der Waals surface area (Å²) in [5.41, 5.74) is 1.18. The number of thiazole rings is 1. The molecule has 0 unspecified atom stereocenters. The highest BCUT2D eigenvalue weighted by Crippen LogP contribution is 2.29. The van der Waals surface area contributed by atoms with Crippen molar-refractivity contribution in [3.8, 4) is 0 Å². The third kappa shape index (κ3) is 4.46. The van der Waals surface area contributed by atoms with Crippen LogP contribution in [0.5, 0.6) is 0 Å². The van der Waals surface area contributed by atoms with E-state index in [0.717, 1.165) is 34.3 Å². The predicted molar refractivity (Wildman–Crippen MR) is 94.5 cm³/mol. The van der Waals surface area contributed by atoms with Crippen LogP contribution in [0.4, 0.5) is 18.9 Å². The van der Waals surface area contributed by atoms with Gasteiger partial charge in [0, 0.05) is 30.7 Å². The van der Waals surface area contributed by atoms with Gasteiger partial charge in [-0.15, -0.1) is 0 Å². The molecule has 3 rings (SSSR count). The van der Waals surface area contributed by atoms with Crippen LogP contribution < -0.4 is 9.77 Å². The summed E-state index contributed by atoms with van der Waals surface area (Å²) < 4.78 is 45.0. The maximum absolute atomic E-state index is 13.0.